The van der Waals surface area contributed by atoms with Crippen LogP contribution in [0.3, 0.4) is 0 Å². The Morgan fingerprint density at radius 1 is 1.53 bits per heavy atom. The van der Waals surface area contributed by atoms with Crippen molar-refractivity contribution in [2.75, 3.05) is 13.1 Å². The van der Waals surface area contributed by atoms with Gasteiger partial charge in [0.1, 0.15) is 11.5 Å². The minimum atomic E-state index is -0.267. The Labute approximate surface area is 115 Å². The van der Waals surface area contributed by atoms with Crippen LogP contribution in [-0.4, -0.2) is 35.2 Å². The number of aryl methyl sites for hydroxylation is 1. The van der Waals surface area contributed by atoms with Crippen molar-refractivity contribution in [3.05, 3.63) is 23.7 Å². The van der Waals surface area contributed by atoms with E-state index in [9.17, 15) is 5.11 Å². The topological polar surface area (TPSA) is 62.6 Å². The molecule has 2 rings (SSSR count). The molecule has 1 aliphatic heterocycles. The van der Waals surface area contributed by atoms with E-state index in [4.69, 9.17) is 10.2 Å². The lowest BCUT2D eigenvalue weighted by molar-refractivity contribution is -0.000705. The van der Waals surface area contributed by atoms with Crippen molar-refractivity contribution in [1.29, 1.82) is 0 Å². The van der Waals surface area contributed by atoms with Crippen LogP contribution >= 0.6 is 0 Å². The third kappa shape index (κ3) is 3.19. The monoisotopic (exact) mass is 266 g/mol. The van der Waals surface area contributed by atoms with Crippen molar-refractivity contribution >= 4 is 0 Å². The van der Waals surface area contributed by atoms with E-state index in [0.717, 1.165) is 30.9 Å². The van der Waals surface area contributed by atoms with Gasteiger partial charge in [0.15, 0.2) is 0 Å². The maximum Gasteiger partial charge on any atom is 0.122 e. The maximum absolute atomic E-state index is 10.1. The molecule has 0 amide bonds. The first-order valence-electron chi connectivity index (χ1n) is 7.27. The molecule has 4 atom stereocenters. The summed E-state index contributed by atoms with van der Waals surface area (Å²) in [7, 11) is 0. The standard InChI is InChI=1S/C15H26N2O2/c1-4-12(16)15(14-6-5-11(3)19-14)17-8-7-10(2)13(18)9-17/h5-6,10,12-13,15,18H,4,7-9,16H2,1-3H3. The van der Waals surface area contributed by atoms with Gasteiger partial charge in [0, 0.05) is 12.6 Å². The zero-order chi connectivity index (χ0) is 14.0. The van der Waals surface area contributed by atoms with Gasteiger partial charge in [-0.05, 0) is 44.4 Å². The Morgan fingerprint density at radius 2 is 2.26 bits per heavy atom. The van der Waals surface area contributed by atoms with Gasteiger partial charge in [-0.25, -0.2) is 0 Å². The molecule has 1 aromatic heterocycles. The van der Waals surface area contributed by atoms with E-state index in [1.807, 2.05) is 19.1 Å². The molecule has 2 heterocycles. The molecular formula is C15H26N2O2. The molecule has 0 spiro atoms. The number of nitrogens with two attached hydrogens (primary N) is 1. The number of likely N-dealkylation sites (tertiary alicyclic amines) is 1. The van der Waals surface area contributed by atoms with Crippen LogP contribution in [-0.2, 0) is 0 Å². The smallest absolute Gasteiger partial charge is 0.122 e. The quantitative estimate of drug-likeness (QED) is 0.875. The second-order valence-electron chi connectivity index (χ2n) is 5.79. The SMILES string of the molecule is CCC(N)C(c1ccc(C)o1)N1CCC(C)C(O)C1. The van der Waals surface area contributed by atoms with Crippen LogP contribution < -0.4 is 5.73 Å². The van der Waals surface area contributed by atoms with Crippen molar-refractivity contribution in [2.45, 2.75) is 51.8 Å². The first-order valence-corrected chi connectivity index (χ1v) is 7.27. The van der Waals surface area contributed by atoms with Gasteiger partial charge in [-0.1, -0.05) is 13.8 Å². The fourth-order valence-corrected chi connectivity index (χ4v) is 2.82. The first kappa shape index (κ1) is 14.6. The third-order valence-electron chi connectivity index (χ3n) is 4.27. The molecule has 1 aliphatic rings. The van der Waals surface area contributed by atoms with Crippen molar-refractivity contribution < 1.29 is 9.52 Å². The number of aliphatic hydroxyl groups excluding tert-OH is 1. The number of aliphatic hydroxyl groups is 1. The van der Waals surface area contributed by atoms with Gasteiger partial charge in [0.05, 0.1) is 12.1 Å². The zero-order valence-electron chi connectivity index (χ0n) is 12.2. The maximum atomic E-state index is 10.1. The molecule has 4 nitrogen and oxygen atoms in total. The van der Waals surface area contributed by atoms with E-state index in [1.165, 1.54) is 0 Å². The molecule has 0 radical (unpaired) electrons. The Kier molecular flexibility index (Phi) is 4.66. The molecule has 0 saturated carbocycles. The van der Waals surface area contributed by atoms with Crippen LogP contribution in [0.25, 0.3) is 0 Å². The van der Waals surface area contributed by atoms with Crippen LogP contribution in [0.1, 0.15) is 44.3 Å². The third-order valence-corrected chi connectivity index (χ3v) is 4.27. The van der Waals surface area contributed by atoms with Crippen molar-refractivity contribution in [1.82, 2.24) is 4.90 Å². The summed E-state index contributed by atoms with van der Waals surface area (Å²) in [6.07, 6.45) is 1.64. The van der Waals surface area contributed by atoms with E-state index in [2.05, 4.69) is 18.7 Å². The average molecular weight is 266 g/mol. The summed E-state index contributed by atoms with van der Waals surface area (Å²) >= 11 is 0. The number of hydrogen-bond donors (Lipinski definition) is 2. The molecule has 3 N–H and O–H groups in total. The largest absolute Gasteiger partial charge is 0.465 e. The molecule has 0 aromatic carbocycles. The van der Waals surface area contributed by atoms with Crippen LogP contribution in [0.2, 0.25) is 0 Å². The molecule has 1 fully saturated rings. The lowest BCUT2D eigenvalue weighted by atomic mass is 9.92. The summed E-state index contributed by atoms with van der Waals surface area (Å²) < 4.78 is 5.78. The van der Waals surface area contributed by atoms with Gasteiger partial charge in [0.25, 0.3) is 0 Å². The van der Waals surface area contributed by atoms with Gasteiger partial charge < -0.3 is 15.3 Å². The van der Waals surface area contributed by atoms with Gasteiger partial charge in [-0.15, -0.1) is 0 Å². The molecule has 0 bridgehead atoms. The van der Waals surface area contributed by atoms with E-state index < -0.39 is 0 Å². The highest BCUT2D eigenvalue weighted by atomic mass is 16.3. The van der Waals surface area contributed by atoms with Crippen LogP contribution in [0.5, 0.6) is 0 Å². The van der Waals surface area contributed by atoms with Crippen LogP contribution in [0, 0.1) is 12.8 Å². The van der Waals surface area contributed by atoms with Gasteiger partial charge in [-0.3, -0.25) is 4.90 Å². The Hall–Kier alpha value is -0.840. The summed E-state index contributed by atoms with van der Waals surface area (Å²) in [6.45, 7) is 7.80. The Balaban J connectivity index is 2.18. The molecule has 4 heteroatoms. The van der Waals surface area contributed by atoms with E-state index >= 15 is 0 Å². The van der Waals surface area contributed by atoms with E-state index in [1.54, 1.807) is 0 Å². The predicted molar refractivity (Wildman–Crippen MR) is 75.8 cm³/mol. The van der Waals surface area contributed by atoms with Crippen molar-refractivity contribution in [2.24, 2.45) is 11.7 Å². The van der Waals surface area contributed by atoms with Gasteiger partial charge in [-0.2, -0.15) is 0 Å². The van der Waals surface area contributed by atoms with Crippen molar-refractivity contribution in [3.63, 3.8) is 0 Å². The lowest BCUT2D eigenvalue weighted by Gasteiger charge is -2.40. The number of hydrogen-bond acceptors (Lipinski definition) is 4. The minimum absolute atomic E-state index is 0.0335. The zero-order valence-corrected chi connectivity index (χ0v) is 12.2. The average Bonchev–Trinajstić information content (AvgIpc) is 2.80. The molecule has 4 unspecified atom stereocenters. The molecule has 19 heavy (non-hydrogen) atoms. The summed E-state index contributed by atoms with van der Waals surface area (Å²) in [5.41, 5.74) is 6.29. The second-order valence-corrected chi connectivity index (χ2v) is 5.79. The normalized spacial score (nSPS) is 28.3. The molecule has 108 valence electrons. The number of piperidine rings is 1. The number of furan rings is 1. The highest BCUT2D eigenvalue weighted by Crippen LogP contribution is 2.30. The summed E-state index contributed by atoms with van der Waals surface area (Å²) in [5, 5.41) is 10.1. The summed E-state index contributed by atoms with van der Waals surface area (Å²) in [6, 6.07) is 4.10. The number of rotatable bonds is 4. The molecule has 1 aromatic rings. The van der Waals surface area contributed by atoms with Crippen LogP contribution in [0.4, 0.5) is 0 Å². The first-order chi connectivity index (χ1) is 9.02. The van der Waals surface area contributed by atoms with Crippen LogP contribution in [0.15, 0.2) is 16.5 Å². The highest BCUT2D eigenvalue weighted by Gasteiger charge is 2.33. The summed E-state index contributed by atoms with van der Waals surface area (Å²) in [4.78, 5) is 2.27. The lowest BCUT2D eigenvalue weighted by Crippen LogP contribution is -2.49. The fraction of sp³-hybridized carbons (Fsp3) is 0.733. The minimum Gasteiger partial charge on any atom is -0.465 e. The fourth-order valence-electron chi connectivity index (χ4n) is 2.82. The molecule has 0 aliphatic carbocycles. The molecular weight excluding hydrogens is 240 g/mol. The van der Waals surface area contributed by atoms with E-state index in [-0.39, 0.29) is 18.2 Å². The molecule has 1 saturated heterocycles. The van der Waals surface area contributed by atoms with E-state index in [0.29, 0.717) is 12.5 Å². The van der Waals surface area contributed by atoms with Gasteiger partial charge in [0.2, 0.25) is 0 Å². The second kappa shape index (κ2) is 6.07. The number of β-amino-alcohol motifs (C(OH)–C–C–N with tert-alkyl or cyclic N) is 1. The predicted octanol–water partition coefficient (Wildman–Crippen LogP) is 2.07. The Bertz CT molecular complexity index is 405. The Morgan fingerprint density at radius 3 is 2.79 bits per heavy atom. The van der Waals surface area contributed by atoms with Crippen molar-refractivity contribution in [3.8, 4) is 0 Å². The number of nitrogens with zero attached hydrogens (tertiary/aromatic N) is 1. The summed E-state index contributed by atoms with van der Waals surface area (Å²) in [5.74, 6) is 2.20. The van der Waals surface area contributed by atoms with Gasteiger partial charge >= 0.3 is 0 Å². The highest BCUT2D eigenvalue weighted by molar-refractivity contribution is 5.12.